The SMILES string of the molecule is Cc1ccsc1C1CCNc2nc3c(n21)CCCC3. The number of fused-ring (bicyclic) bond motifs is 3. The molecule has 0 radical (unpaired) electrons. The van der Waals surface area contributed by atoms with Gasteiger partial charge < -0.3 is 9.88 Å². The topological polar surface area (TPSA) is 29.9 Å². The maximum Gasteiger partial charge on any atom is 0.203 e. The van der Waals surface area contributed by atoms with Crippen LogP contribution in [0.4, 0.5) is 5.95 Å². The van der Waals surface area contributed by atoms with E-state index in [2.05, 4.69) is 28.3 Å². The zero-order valence-electron chi connectivity index (χ0n) is 11.3. The molecule has 1 atom stereocenters. The number of imidazole rings is 1. The Bertz CT molecular complexity index is 611. The Morgan fingerprint density at radius 3 is 3.11 bits per heavy atom. The molecule has 0 fully saturated rings. The number of nitrogens with one attached hydrogen (secondary N) is 1. The van der Waals surface area contributed by atoms with E-state index in [1.807, 2.05) is 11.3 Å². The fourth-order valence-electron chi connectivity index (χ4n) is 3.45. The summed E-state index contributed by atoms with van der Waals surface area (Å²) in [6.45, 7) is 3.27. The Morgan fingerprint density at radius 2 is 2.26 bits per heavy atom. The molecule has 4 heteroatoms. The molecule has 4 rings (SSSR count). The molecule has 1 aliphatic carbocycles. The highest BCUT2D eigenvalue weighted by atomic mass is 32.1. The molecule has 2 aromatic rings. The lowest BCUT2D eigenvalue weighted by Gasteiger charge is -2.28. The molecule has 19 heavy (non-hydrogen) atoms. The van der Waals surface area contributed by atoms with Gasteiger partial charge in [0, 0.05) is 17.1 Å². The van der Waals surface area contributed by atoms with Crippen LogP contribution in [0.3, 0.4) is 0 Å². The van der Waals surface area contributed by atoms with Gasteiger partial charge in [0.1, 0.15) is 0 Å². The number of aromatic nitrogens is 2. The Kier molecular flexibility index (Phi) is 2.65. The van der Waals surface area contributed by atoms with E-state index in [1.165, 1.54) is 47.5 Å². The third kappa shape index (κ3) is 1.73. The van der Waals surface area contributed by atoms with Gasteiger partial charge in [-0.2, -0.15) is 0 Å². The summed E-state index contributed by atoms with van der Waals surface area (Å²) in [7, 11) is 0. The molecular weight excluding hydrogens is 254 g/mol. The summed E-state index contributed by atoms with van der Waals surface area (Å²) in [5.74, 6) is 1.11. The lowest BCUT2D eigenvalue weighted by molar-refractivity contribution is 0.506. The minimum atomic E-state index is 0.505. The third-order valence-electron chi connectivity index (χ3n) is 4.39. The van der Waals surface area contributed by atoms with Crippen molar-refractivity contribution in [3.63, 3.8) is 0 Å². The maximum atomic E-state index is 4.84. The third-order valence-corrected chi connectivity index (χ3v) is 5.51. The van der Waals surface area contributed by atoms with Crippen LogP contribution in [-0.2, 0) is 12.8 Å². The molecule has 3 nitrogen and oxygen atoms in total. The first kappa shape index (κ1) is 11.5. The number of hydrogen-bond donors (Lipinski definition) is 1. The number of nitrogens with zero attached hydrogens (tertiary/aromatic N) is 2. The van der Waals surface area contributed by atoms with Crippen molar-refractivity contribution >= 4 is 17.3 Å². The van der Waals surface area contributed by atoms with E-state index in [0.717, 1.165) is 18.9 Å². The Balaban J connectivity index is 1.86. The summed E-state index contributed by atoms with van der Waals surface area (Å²) >= 11 is 1.90. The van der Waals surface area contributed by atoms with Crippen molar-refractivity contribution < 1.29 is 0 Å². The molecule has 1 aliphatic heterocycles. The molecule has 1 unspecified atom stereocenters. The van der Waals surface area contributed by atoms with Crippen molar-refractivity contribution in [2.24, 2.45) is 0 Å². The van der Waals surface area contributed by atoms with Crippen LogP contribution in [0.5, 0.6) is 0 Å². The number of aryl methyl sites for hydroxylation is 2. The van der Waals surface area contributed by atoms with Crippen LogP contribution in [0.15, 0.2) is 11.4 Å². The van der Waals surface area contributed by atoms with E-state index in [1.54, 1.807) is 0 Å². The van der Waals surface area contributed by atoms with Gasteiger partial charge in [0.2, 0.25) is 5.95 Å². The second-order valence-corrected chi connectivity index (χ2v) is 6.55. The van der Waals surface area contributed by atoms with Crippen molar-refractivity contribution in [1.82, 2.24) is 9.55 Å². The van der Waals surface area contributed by atoms with Crippen molar-refractivity contribution in [1.29, 1.82) is 0 Å². The van der Waals surface area contributed by atoms with Crippen molar-refractivity contribution in [3.8, 4) is 0 Å². The highest BCUT2D eigenvalue weighted by Crippen LogP contribution is 2.38. The predicted octanol–water partition coefficient (Wildman–Crippen LogP) is 3.54. The van der Waals surface area contributed by atoms with Crippen LogP contribution < -0.4 is 5.32 Å². The molecule has 3 heterocycles. The fourth-order valence-corrected chi connectivity index (χ4v) is 4.50. The highest BCUT2D eigenvalue weighted by Gasteiger charge is 2.29. The summed E-state index contributed by atoms with van der Waals surface area (Å²) in [6, 6.07) is 2.75. The number of anilines is 1. The number of rotatable bonds is 1. The van der Waals surface area contributed by atoms with Gasteiger partial charge in [-0.25, -0.2) is 4.98 Å². The highest BCUT2D eigenvalue weighted by molar-refractivity contribution is 7.10. The lowest BCUT2D eigenvalue weighted by atomic mass is 9.99. The molecule has 0 saturated carbocycles. The minimum Gasteiger partial charge on any atom is -0.356 e. The quantitative estimate of drug-likeness (QED) is 0.861. The van der Waals surface area contributed by atoms with Crippen LogP contribution in [0.1, 0.15) is 47.1 Å². The zero-order chi connectivity index (χ0) is 12.8. The molecule has 2 aromatic heterocycles. The molecule has 0 bridgehead atoms. The first-order chi connectivity index (χ1) is 9.34. The summed E-state index contributed by atoms with van der Waals surface area (Å²) in [5.41, 5.74) is 4.27. The lowest BCUT2D eigenvalue weighted by Crippen LogP contribution is -2.25. The van der Waals surface area contributed by atoms with Gasteiger partial charge in [-0.1, -0.05) is 0 Å². The van der Waals surface area contributed by atoms with Crippen LogP contribution in [0.2, 0.25) is 0 Å². The van der Waals surface area contributed by atoms with Crippen molar-refractivity contribution in [2.75, 3.05) is 11.9 Å². The van der Waals surface area contributed by atoms with E-state index in [-0.39, 0.29) is 0 Å². The molecule has 100 valence electrons. The van der Waals surface area contributed by atoms with Gasteiger partial charge in [0.15, 0.2) is 0 Å². The molecule has 1 N–H and O–H groups in total. The van der Waals surface area contributed by atoms with E-state index in [4.69, 9.17) is 4.98 Å². The van der Waals surface area contributed by atoms with Gasteiger partial charge >= 0.3 is 0 Å². The second kappa shape index (κ2) is 4.37. The second-order valence-electron chi connectivity index (χ2n) is 5.61. The van der Waals surface area contributed by atoms with Gasteiger partial charge in [-0.05, 0) is 56.0 Å². The van der Waals surface area contributed by atoms with Gasteiger partial charge in [0.05, 0.1) is 11.7 Å². The predicted molar refractivity (Wildman–Crippen MR) is 79.2 cm³/mol. The Labute approximate surface area is 117 Å². The zero-order valence-corrected chi connectivity index (χ0v) is 12.1. The van der Waals surface area contributed by atoms with Crippen LogP contribution in [0.25, 0.3) is 0 Å². The maximum absolute atomic E-state index is 4.84. The monoisotopic (exact) mass is 273 g/mol. The fraction of sp³-hybridized carbons (Fsp3) is 0.533. The Hall–Kier alpha value is -1.29. The van der Waals surface area contributed by atoms with E-state index in [9.17, 15) is 0 Å². The van der Waals surface area contributed by atoms with Crippen LogP contribution in [-0.4, -0.2) is 16.1 Å². The molecule has 0 aromatic carbocycles. The summed E-state index contributed by atoms with van der Waals surface area (Å²) in [6.07, 6.45) is 6.15. The molecular formula is C15H19N3S. The van der Waals surface area contributed by atoms with E-state index in [0.29, 0.717) is 6.04 Å². The molecule has 2 aliphatic rings. The Morgan fingerprint density at radius 1 is 1.37 bits per heavy atom. The van der Waals surface area contributed by atoms with Crippen molar-refractivity contribution in [2.45, 2.75) is 45.1 Å². The molecule has 0 amide bonds. The summed E-state index contributed by atoms with van der Waals surface area (Å²) in [5, 5.41) is 5.71. The largest absolute Gasteiger partial charge is 0.356 e. The van der Waals surface area contributed by atoms with Gasteiger partial charge in [-0.3, -0.25) is 0 Å². The summed E-state index contributed by atoms with van der Waals surface area (Å²) < 4.78 is 2.50. The van der Waals surface area contributed by atoms with Crippen molar-refractivity contribution in [3.05, 3.63) is 33.3 Å². The van der Waals surface area contributed by atoms with Crippen LogP contribution >= 0.6 is 11.3 Å². The first-order valence-electron chi connectivity index (χ1n) is 7.22. The molecule has 0 spiro atoms. The first-order valence-corrected chi connectivity index (χ1v) is 8.10. The summed E-state index contributed by atoms with van der Waals surface area (Å²) in [4.78, 5) is 6.36. The minimum absolute atomic E-state index is 0.505. The number of hydrogen-bond acceptors (Lipinski definition) is 3. The standard InChI is InChI=1S/C15H19N3S/c1-10-7-9-19-14(10)13-6-8-16-15-17-11-4-2-3-5-12(11)18(13)15/h7,9,13H,2-6,8H2,1H3,(H,16,17). The normalized spacial score (nSPS) is 21.6. The average Bonchev–Trinajstić information content (AvgIpc) is 3.01. The van der Waals surface area contributed by atoms with Crippen LogP contribution in [0, 0.1) is 6.92 Å². The smallest absolute Gasteiger partial charge is 0.203 e. The molecule has 0 saturated heterocycles. The van der Waals surface area contributed by atoms with E-state index < -0.39 is 0 Å². The van der Waals surface area contributed by atoms with Gasteiger partial charge in [-0.15, -0.1) is 11.3 Å². The van der Waals surface area contributed by atoms with Gasteiger partial charge in [0.25, 0.3) is 0 Å². The average molecular weight is 273 g/mol. The van der Waals surface area contributed by atoms with E-state index >= 15 is 0 Å². The number of thiophene rings is 1.